The highest BCUT2D eigenvalue weighted by Gasteiger charge is 2.13. The molecule has 0 aliphatic carbocycles. The number of ether oxygens (including phenoxy) is 1. The van der Waals surface area contributed by atoms with Crippen molar-refractivity contribution in [2.24, 2.45) is 11.5 Å². The average molecular weight is 257 g/mol. The van der Waals surface area contributed by atoms with E-state index in [4.69, 9.17) is 28.4 Å². The van der Waals surface area contributed by atoms with Crippen molar-refractivity contribution in [2.75, 3.05) is 13.7 Å². The van der Waals surface area contributed by atoms with Gasteiger partial charge in [-0.3, -0.25) is 0 Å². The molecule has 0 saturated carbocycles. The van der Waals surface area contributed by atoms with Crippen LogP contribution in [0.25, 0.3) is 0 Å². The molecule has 1 aromatic carbocycles. The molecule has 4 nitrogen and oxygen atoms in total. The van der Waals surface area contributed by atoms with Crippen LogP contribution in [0.5, 0.6) is 0 Å². The number of benzene rings is 1. The summed E-state index contributed by atoms with van der Waals surface area (Å²) in [7, 11) is 1.55. The molecule has 6 heteroatoms. The summed E-state index contributed by atoms with van der Waals surface area (Å²) in [6, 6.07) is 4.57. The molecule has 94 valence electrons. The van der Waals surface area contributed by atoms with Crippen molar-refractivity contribution in [1.29, 1.82) is 0 Å². The van der Waals surface area contributed by atoms with Gasteiger partial charge in [-0.25, -0.2) is 4.39 Å². The Hall–Kier alpha value is -1.24. The minimum Gasteiger partial charge on any atom is -0.382 e. The third-order valence-corrected chi connectivity index (χ3v) is 2.47. The van der Waals surface area contributed by atoms with E-state index >= 15 is 0 Å². The van der Waals surface area contributed by atoms with Crippen molar-refractivity contribution in [2.45, 2.75) is 12.6 Å². The van der Waals surface area contributed by atoms with Gasteiger partial charge in [0.25, 0.3) is 0 Å². The number of nitrogens with one attached hydrogen (secondary N) is 1. The molecule has 1 aromatic rings. The number of hydrogen-bond donors (Lipinski definition) is 3. The van der Waals surface area contributed by atoms with Gasteiger partial charge in [0.2, 0.25) is 0 Å². The van der Waals surface area contributed by atoms with Gasteiger partial charge in [0.05, 0.1) is 12.6 Å². The summed E-state index contributed by atoms with van der Waals surface area (Å²) in [5.74, 6) is -0.337. The Bertz CT molecular complexity index is 400. The second-order valence-electron chi connectivity index (χ2n) is 3.57. The van der Waals surface area contributed by atoms with Crippen LogP contribution in [-0.2, 0) is 11.3 Å². The maximum Gasteiger partial charge on any atom is 0.164 e. The lowest BCUT2D eigenvalue weighted by molar-refractivity contribution is 0.174. The summed E-state index contributed by atoms with van der Waals surface area (Å²) in [5, 5.41) is 3.00. The SMILES string of the molecule is COC[C@H](NC(N)=S)c1ccc(CN)c(F)c1. The lowest BCUT2D eigenvalue weighted by Crippen LogP contribution is -2.35. The van der Waals surface area contributed by atoms with Crippen LogP contribution in [0.2, 0.25) is 0 Å². The van der Waals surface area contributed by atoms with E-state index in [2.05, 4.69) is 5.32 Å². The zero-order chi connectivity index (χ0) is 12.8. The minimum atomic E-state index is -0.337. The summed E-state index contributed by atoms with van der Waals surface area (Å²) in [6.45, 7) is 0.516. The van der Waals surface area contributed by atoms with Crippen LogP contribution in [0.15, 0.2) is 18.2 Å². The molecule has 1 atom stereocenters. The van der Waals surface area contributed by atoms with Crippen LogP contribution >= 0.6 is 12.2 Å². The zero-order valence-corrected chi connectivity index (χ0v) is 10.4. The molecule has 0 amide bonds. The van der Waals surface area contributed by atoms with Crippen LogP contribution in [0.4, 0.5) is 4.39 Å². The minimum absolute atomic E-state index is 0.148. The van der Waals surface area contributed by atoms with Gasteiger partial charge in [0.1, 0.15) is 5.82 Å². The van der Waals surface area contributed by atoms with Crippen LogP contribution < -0.4 is 16.8 Å². The predicted octanol–water partition coefficient (Wildman–Crippen LogP) is 0.805. The van der Waals surface area contributed by atoms with Crippen molar-refractivity contribution < 1.29 is 9.13 Å². The molecular formula is C11H16FN3OS. The lowest BCUT2D eigenvalue weighted by Gasteiger charge is -2.18. The van der Waals surface area contributed by atoms with Gasteiger partial charge < -0.3 is 21.5 Å². The first-order valence-corrected chi connectivity index (χ1v) is 5.52. The first-order chi connectivity index (χ1) is 8.08. The maximum atomic E-state index is 13.6. The second kappa shape index (κ2) is 6.48. The second-order valence-corrected chi connectivity index (χ2v) is 4.01. The van der Waals surface area contributed by atoms with Crippen LogP contribution in [0.1, 0.15) is 17.2 Å². The summed E-state index contributed by atoms with van der Waals surface area (Å²) in [4.78, 5) is 0. The van der Waals surface area contributed by atoms with Gasteiger partial charge in [0, 0.05) is 19.2 Å². The molecule has 1 rings (SSSR count). The van der Waals surface area contributed by atoms with E-state index in [-0.39, 0.29) is 23.5 Å². The Labute approximate surface area is 105 Å². The molecule has 0 heterocycles. The van der Waals surface area contributed by atoms with Crippen molar-refractivity contribution in [3.8, 4) is 0 Å². The molecular weight excluding hydrogens is 241 g/mol. The number of methoxy groups -OCH3 is 1. The van der Waals surface area contributed by atoms with Crippen molar-refractivity contribution in [3.63, 3.8) is 0 Å². The van der Waals surface area contributed by atoms with Crippen molar-refractivity contribution >= 4 is 17.3 Å². The first-order valence-electron chi connectivity index (χ1n) is 5.11. The van der Waals surface area contributed by atoms with Gasteiger partial charge in [-0.15, -0.1) is 0 Å². The fourth-order valence-electron chi connectivity index (χ4n) is 1.51. The molecule has 5 N–H and O–H groups in total. The predicted molar refractivity (Wildman–Crippen MR) is 68.8 cm³/mol. The number of nitrogens with two attached hydrogens (primary N) is 2. The first kappa shape index (κ1) is 13.8. The third kappa shape index (κ3) is 3.92. The van der Waals surface area contributed by atoms with E-state index in [1.165, 1.54) is 6.07 Å². The highest BCUT2D eigenvalue weighted by molar-refractivity contribution is 7.80. The van der Waals surface area contributed by atoms with E-state index in [0.29, 0.717) is 17.7 Å². The van der Waals surface area contributed by atoms with E-state index in [0.717, 1.165) is 0 Å². The average Bonchev–Trinajstić information content (AvgIpc) is 2.28. The molecule has 0 bridgehead atoms. The summed E-state index contributed by atoms with van der Waals surface area (Å²) in [6.07, 6.45) is 0. The Morgan fingerprint density at radius 2 is 2.29 bits per heavy atom. The molecule has 0 spiro atoms. The molecule has 17 heavy (non-hydrogen) atoms. The zero-order valence-electron chi connectivity index (χ0n) is 9.57. The van der Waals surface area contributed by atoms with Gasteiger partial charge >= 0.3 is 0 Å². The van der Waals surface area contributed by atoms with Gasteiger partial charge in [0.15, 0.2) is 5.11 Å². The Morgan fingerprint density at radius 1 is 1.59 bits per heavy atom. The summed E-state index contributed by atoms with van der Waals surface area (Å²) >= 11 is 4.76. The van der Waals surface area contributed by atoms with Crippen LogP contribution in [0, 0.1) is 5.82 Å². The fourth-order valence-corrected chi connectivity index (χ4v) is 1.65. The quantitative estimate of drug-likeness (QED) is 0.681. The molecule has 0 unspecified atom stereocenters. The Balaban J connectivity index is 2.93. The van der Waals surface area contributed by atoms with E-state index in [1.807, 2.05) is 0 Å². The highest BCUT2D eigenvalue weighted by Crippen LogP contribution is 2.17. The van der Waals surface area contributed by atoms with E-state index in [1.54, 1.807) is 19.2 Å². The standard InChI is InChI=1S/C11H16FN3OS/c1-16-6-10(15-11(14)17)7-2-3-8(5-13)9(12)4-7/h2-4,10H,5-6,13H2,1H3,(H3,14,15,17)/t10-/m0/s1. The van der Waals surface area contributed by atoms with Gasteiger partial charge in [-0.05, 0) is 23.8 Å². The Kier molecular flexibility index (Phi) is 5.27. The van der Waals surface area contributed by atoms with Gasteiger partial charge in [-0.2, -0.15) is 0 Å². The molecule has 0 aromatic heterocycles. The van der Waals surface area contributed by atoms with Crippen LogP contribution in [0.3, 0.4) is 0 Å². The van der Waals surface area contributed by atoms with Gasteiger partial charge in [-0.1, -0.05) is 12.1 Å². The van der Waals surface area contributed by atoms with Crippen molar-refractivity contribution in [3.05, 3.63) is 35.1 Å². The molecule has 0 fully saturated rings. The molecule has 0 radical (unpaired) electrons. The Morgan fingerprint density at radius 3 is 2.76 bits per heavy atom. The summed E-state index contributed by atoms with van der Waals surface area (Å²) in [5.41, 5.74) is 12.0. The normalized spacial score (nSPS) is 12.2. The molecule has 0 aliphatic heterocycles. The highest BCUT2D eigenvalue weighted by atomic mass is 32.1. The smallest absolute Gasteiger partial charge is 0.164 e. The number of hydrogen-bond acceptors (Lipinski definition) is 3. The molecule has 0 saturated heterocycles. The van der Waals surface area contributed by atoms with E-state index < -0.39 is 0 Å². The summed E-state index contributed by atoms with van der Waals surface area (Å²) < 4.78 is 18.6. The topological polar surface area (TPSA) is 73.3 Å². The van der Waals surface area contributed by atoms with Crippen LogP contribution in [-0.4, -0.2) is 18.8 Å². The van der Waals surface area contributed by atoms with E-state index in [9.17, 15) is 4.39 Å². The molecule has 0 aliphatic rings. The monoisotopic (exact) mass is 257 g/mol. The fraction of sp³-hybridized carbons (Fsp3) is 0.364. The van der Waals surface area contributed by atoms with Crippen molar-refractivity contribution in [1.82, 2.24) is 5.32 Å². The third-order valence-electron chi connectivity index (χ3n) is 2.35. The number of rotatable bonds is 5. The largest absolute Gasteiger partial charge is 0.382 e. The number of thiocarbonyl (C=S) groups is 1. The number of halogens is 1. The maximum absolute atomic E-state index is 13.6. The lowest BCUT2D eigenvalue weighted by atomic mass is 10.0.